The van der Waals surface area contributed by atoms with Gasteiger partial charge in [0.2, 0.25) is 0 Å². The summed E-state index contributed by atoms with van der Waals surface area (Å²) in [7, 11) is 0. The molecule has 0 aliphatic carbocycles. The predicted octanol–water partition coefficient (Wildman–Crippen LogP) is 3.28. The third kappa shape index (κ3) is 2.78. The minimum Gasteiger partial charge on any atom is -0.398 e. The first-order valence-corrected chi connectivity index (χ1v) is 5.81. The van der Waals surface area contributed by atoms with Crippen LogP contribution >= 0.6 is 0 Å². The van der Waals surface area contributed by atoms with E-state index in [9.17, 15) is 13.6 Å². The molecule has 2 N–H and O–H groups in total. The number of nitrogens with two attached hydrogens (primary N) is 1. The summed E-state index contributed by atoms with van der Waals surface area (Å²) in [6, 6.07) is 8.54. The van der Waals surface area contributed by atoms with Crippen LogP contribution < -0.4 is 5.73 Å². The van der Waals surface area contributed by atoms with Gasteiger partial charge < -0.3 is 5.73 Å². The van der Waals surface area contributed by atoms with E-state index < -0.39 is 11.6 Å². The normalized spacial score (nSPS) is 10.5. The number of benzene rings is 2. The highest BCUT2D eigenvalue weighted by molar-refractivity contribution is 5.99. The number of hydrogen-bond acceptors (Lipinski definition) is 2. The maximum Gasteiger partial charge on any atom is 0.167 e. The highest BCUT2D eigenvalue weighted by Gasteiger charge is 2.12. The van der Waals surface area contributed by atoms with E-state index in [0.29, 0.717) is 22.4 Å². The summed E-state index contributed by atoms with van der Waals surface area (Å²) in [5.41, 5.74) is 7.92. The van der Waals surface area contributed by atoms with E-state index in [1.54, 1.807) is 25.1 Å². The van der Waals surface area contributed by atoms with Gasteiger partial charge in [0.15, 0.2) is 17.4 Å². The van der Waals surface area contributed by atoms with Crippen molar-refractivity contribution in [2.75, 3.05) is 5.73 Å². The Balaban J connectivity index is 2.26. The van der Waals surface area contributed by atoms with Crippen molar-refractivity contribution >= 4 is 11.5 Å². The number of carbonyl (C=O) groups excluding carboxylic acids is 1. The van der Waals surface area contributed by atoms with Crippen LogP contribution in [0.25, 0.3) is 0 Å². The smallest absolute Gasteiger partial charge is 0.167 e. The molecule has 2 rings (SSSR count). The molecule has 0 aliphatic rings. The Labute approximate surface area is 109 Å². The van der Waals surface area contributed by atoms with Gasteiger partial charge in [-0.1, -0.05) is 18.2 Å². The molecule has 4 heteroatoms. The van der Waals surface area contributed by atoms with Crippen LogP contribution in [-0.2, 0) is 6.42 Å². The molecule has 0 radical (unpaired) electrons. The highest BCUT2D eigenvalue weighted by atomic mass is 19.2. The maximum absolute atomic E-state index is 13.1. The second-order valence-corrected chi connectivity index (χ2v) is 4.37. The Morgan fingerprint density at radius 1 is 1.16 bits per heavy atom. The molecule has 0 unspecified atom stereocenters. The molecule has 0 aromatic heterocycles. The summed E-state index contributed by atoms with van der Waals surface area (Å²) in [6.45, 7) is 1.76. The Kier molecular flexibility index (Phi) is 3.60. The van der Waals surface area contributed by atoms with Gasteiger partial charge in [0, 0.05) is 17.7 Å². The molecule has 0 bridgehead atoms. The zero-order valence-corrected chi connectivity index (χ0v) is 10.4. The van der Waals surface area contributed by atoms with Crippen molar-refractivity contribution < 1.29 is 13.6 Å². The second kappa shape index (κ2) is 5.18. The van der Waals surface area contributed by atoms with Gasteiger partial charge in [0.1, 0.15) is 0 Å². The summed E-state index contributed by atoms with van der Waals surface area (Å²) in [6.07, 6.45) is 0.0154. The van der Waals surface area contributed by atoms with E-state index in [-0.39, 0.29) is 12.2 Å². The second-order valence-electron chi connectivity index (χ2n) is 4.37. The van der Waals surface area contributed by atoms with Crippen LogP contribution in [0.3, 0.4) is 0 Å². The highest BCUT2D eigenvalue weighted by Crippen LogP contribution is 2.18. The van der Waals surface area contributed by atoms with Crippen molar-refractivity contribution in [2.24, 2.45) is 0 Å². The molecular weight excluding hydrogens is 248 g/mol. The number of nitrogen functional groups attached to an aromatic ring is 1. The lowest BCUT2D eigenvalue weighted by Gasteiger charge is -2.07. The lowest BCUT2D eigenvalue weighted by molar-refractivity contribution is 0.0992. The van der Waals surface area contributed by atoms with Gasteiger partial charge in [-0.05, 0) is 36.2 Å². The largest absolute Gasteiger partial charge is 0.398 e. The molecule has 19 heavy (non-hydrogen) atoms. The fraction of sp³-hybridized carbons (Fsp3) is 0.133. The van der Waals surface area contributed by atoms with Crippen LogP contribution in [0, 0.1) is 18.6 Å². The molecule has 0 amide bonds. The van der Waals surface area contributed by atoms with Gasteiger partial charge in [0.05, 0.1) is 0 Å². The number of halogens is 2. The molecular formula is C15H13F2NO. The molecule has 0 fully saturated rings. The number of Topliss-reactive ketones (excluding diaryl/α,β-unsaturated/α-hetero) is 1. The Morgan fingerprint density at radius 2 is 1.89 bits per heavy atom. The van der Waals surface area contributed by atoms with E-state index in [0.717, 1.165) is 12.1 Å². The predicted molar refractivity (Wildman–Crippen MR) is 70.0 cm³/mol. The van der Waals surface area contributed by atoms with Gasteiger partial charge in [-0.3, -0.25) is 4.79 Å². The molecule has 0 spiro atoms. The molecule has 0 atom stereocenters. The van der Waals surface area contributed by atoms with Crippen LogP contribution in [0.1, 0.15) is 21.5 Å². The third-order valence-electron chi connectivity index (χ3n) is 3.02. The standard InChI is InChI=1S/C15H13F2NO/c1-9-11(3-2-4-14(9)18)15(19)8-10-5-6-12(16)13(17)7-10/h2-7H,8,18H2,1H3. The monoisotopic (exact) mass is 261 g/mol. The zero-order chi connectivity index (χ0) is 14.0. The average Bonchev–Trinajstić information content (AvgIpc) is 2.37. The van der Waals surface area contributed by atoms with Gasteiger partial charge in [-0.2, -0.15) is 0 Å². The first kappa shape index (κ1) is 13.2. The van der Waals surface area contributed by atoms with Crippen molar-refractivity contribution in [1.82, 2.24) is 0 Å². The number of hydrogen-bond donors (Lipinski definition) is 1. The van der Waals surface area contributed by atoms with E-state index in [4.69, 9.17) is 5.73 Å². The molecule has 2 aromatic rings. The van der Waals surface area contributed by atoms with Gasteiger partial charge >= 0.3 is 0 Å². The van der Waals surface area contributed by atoms with Crippen LogP contribution in [0.5, 0.6) is 0 Å². The van der Waals surface area contributed by atoms with Crippen molar-refractivity contribution in [3.05, 3.63) is 64.7 Å². The maximum atomic E-state index is 13.1. The fourth-order valence-corrected chi connectivity index (χ4v) is 1.89. The molecule has 0 saturated carbocycles. The lowest BCUT2D eigenvalue weighted by atomic mass is 9.98. The van der Waals surface area contributed by atoms with Gasteiger partial charge in [-0.15, -0.1) is 0 Å². The van der Waals surface area contributed by atoms with Crippen LogP contribution in [-0.4, -0.2) is 5.78 Å². The average molecular weight is 261 g/mol. The Hall–Kier alpha value is -2.23. The van der Waals surface area contributed by atoms with E-state index in [1.165, 1.54) is 6.07 Å². The van der Waals surface area contributed by atoms with Crippen LogP contribution in [0.15, 0.2) is 36.4 Å². The Bertz CT molecular complexity index is 638. The van der Waals surface area contributed by atoms with Gasteiger partial charge in [0.25, 0.3) is 0 Å². The Morgan fingerprint density at radius 3 is 2.58 bits per heavy atom. The number of ketones is 1. The van der Waals surface area contributed by atoms with Crippen molar-refractivity contribution in [3.8, 4) is 0 Å². The minimum atomic E-state index is -0.949. The topological polar surface area (TPSA) is 43.1 Å². The van der Waals surface area contributed by atoms with Crippen LogP contribution in [0.4, 0.5) is 14.5 Å². The minimum absolute atomic E-state index is 0.0154. The first-order chi connectivity index (χ1) is 8.99. The zero-order valence-electron chi connectivity index (χ0n) is 10.4. The lowest BCUT2D eigenvalue weighted by Crippen LogP contribution is -2.07. The van der Waals surface area contributed by atoms with E-state index in [2.05, 4.69) is 0 Å². The summed E-state index contributed by atoms with van der Waals surface area (Å²) < 4.78 is 25.9. The van der Waals surface area contributed by atoms with E-state index >= 15 is 0 Å². The molecule has 2 aromatic carbocycles. The molecule has 2 nitrogen and oxygen atoms in total. The van der Waals surface area contributed by atoms with Crippen molar-refractivity contribution in [3.63, 3.8) is 0 Å². The first-order valence-electron chi connectivity index (χ1n) is 5.81. The number of carbonyl (C=O) groups is 1. The van der Waals surface area contributed by atoms with E-state index in [1.807, 2.05) is 0 Å². The number of anilines is 1. The molecule has 0 aliphatic heterocycles. The third-order valence-corrected chi connectivity index (χ3v) is 3.02. The van der Waals surface area contributed by atoms with Crippen molar-refractivity contribution in [2.45, 2.75) is 13.3 Å². The molecule has 98 valence electrons. The number of rotatable bonds is 3. The SMILES string of the molecule is Cc1c(N)cccc1C(=O)Cc1ccc(F)c(F)c1. The fourth-order valence-electron chi connectivity index (χ4n) is 1.89. The van der Waals surface area contributed by atoms with Crippen LogP contribution in [0.2, 0.25) is 0 Å². The van der Waals surface area contributed by atoms with Gasteiger partial charge in [-0.25, -0.2) is 8.78 Å². The summed E-state index contributed by atoms with van der Waals surface area (Å²) >= 11 is 0. The quantitative estimate of drug-likeness (QED) is 0.680. The summed E-state index contributed by atoms with van der Waals surface area (Å²) in [5, 5.41) is 0. The summed E-state index contributed by atoms with van der Waals surface area (Å²) in [4.78, 5) is 12.1. The molecule has 0 heterocycles. The van der Waals surface area contributed by atoms with Crippen molar-refractivity contribution in [1.29, 1.82) is 0 Å². The molecule has 0 saturated heterocycles. The summed E-state index contributed by atoms with van der Waals surface area (Å²) in [5.74, 6) is -2.04.